The number of hydrogen-bond donors (Lipinski definition) is 1. The van der Waals surface area contributed by atoms with Gasteiger partial charge in [0.2, 0.25) is 17.1 Å². The topological polar surface area (TPSA) is 89.0 Å². The van der Waals surface area contributed by atoms with E-state index in [1.807, 2.05) is 0 Å². The van der Waals surface area contributed by atoms with Crippen LogP contribution in [0.2, 0.25) is 0 Å². The predicted molar refractivity (Wildman–Crippen MR) is 76.4 cm³/mol. The highest BCUT2D eigenvalue weighted by Gasteiger charge is 2.17. The lowest BCUT2D eigenvalue weighted by Crippen LogP contribution is -2.37. The van der Waals surface area contributed by atoms with Gasteiger partial charge in [0.05, 0.1) is 13.2 Å². The maximum atomic E-state index is 5.34. The van der Waals surface area contributed by atoms with Gasteiger partial charge in [0.25, 0.3) is 0 Å². The van der Waals surface area contributed by atoms with Crippen molar-refractivity contribution in [3.8, 4) is 0 Å². The Hall–Kier alpha value is -1.52. The van der Waals surface area contributed by atoms with E-state index in [0.717, 1.165) is 17.4 Å². The number of anilines is 2. The minimum Gasteiger partial charge on any atom is -0.378 e. The van der Waals surface area contributed by atoms with E-state index in [1.54, 1.807) is 7.05 Å². The molecule has 1 saturated heterocycles. The number of rotatable bonds is 4. The molecule has 1 aliphatic heterocycles. The zero-order valence-electron chi connectivity index (χ0n) is 10.8. The van der Waals surface area contributed by atoms with Crippen molar-refractivity contribution < 1.29 is 4.74 Å². The summed E-state index contributed by atoms with van der Waals surface area (Å²) >= 11 is 2.71. The molecule has 0 radical (unpaired) electrons. The van der Waals surface area contributed by atoms with Crippen LogP contribution in [0.15, 0.2) is 15.8 Å². The molecule has 0 aromatic carbocycles. The van der Waals surface area contributed by atoms with Gasteiger partial charge in [-0.1, -0.05) is 0 Å². The van der Waals surface area contributed by atoms with Crippen molar-refractivity contribution >= 4 is 35.2 Å². The average molecular weight is 311 g/mol. The van der Waals surface area contributed by atoms with Crippen LogP contribution in [0.1, 0.15) is 0 Å². The molecule has 2 aromatic heterocycles. The van der Waals surface area contributed by atoms with Gasteiger partial charge in [-0.3, -0.25) is 0 Å². The number of nitrogens with one attached hydrogen (secondary N) is 1. The molecule has 0 atom stereocenters. The van der Waals surface area contributed by atoms with Crippen molar-refractivity contribution in [3.63, 3.8) is 0 Å². The average Bonchev–Trinajstić information content (AvgIpc) is 3.00. The third kappa shape index (κ3) is 3.14. The Morgan fingerprint density at radius 3 is 2.85 bits per heavy atom. The molecule has 3 heterocycles. The highest BCUT2D eigenvalue weighted by molar-refractivity contribution is 8.00. The molecule has 0 bridgehead atoms. The molecule has 106 valence electrons. The molecule has 0 saturated carbocycles. The summed E-state index contributed by atoms with van der Waals surface area (Å²) in [6.45, 7) is 2.96. The smallest absolute Gasteiger partial charge is 0.231 e. The van der Waals surface area contributed by atoms with Crippen LogP contribution in [0.25, 0.3) is 0 Å². The minimum atomic E-state index is 0.550. The van der Waals surface area contributed by atoms with E-state index in [9.17, 15) is 0 Å². The van der Waals surface area contributed by atoms with Crippen LogP contribution in [0, 0.1) is 0 Å². The molecule has 0 unspecified atom stereocenters. The number of nitrogens with zero attached hydrogens (tertiary/aromatic N) is 6. The monoisotopic (exact) mass is 311 g/mol. The van der Waals surface area contributed by atoms with Gasteiger partial charge in [0, 0.05) is 20.1 Å². The van der Waals surface area contributed by atoms with Gasteiger partial charge in [-0.15, -0.1) is 0 Å². The lowest BCUT2D eigenvalue weighted by Gasteiger charge is -2.26. The highest BCUT2D eigenvalue weighted by Crippen LogP contribution is 2.27. The standard InChI is InChI=1S/C10H13N7OS2/c1-11-7-14-8(17-2-4-18-5-3-17)16-9(15-7)19-10-12-6-13-20-10/h6H,2-5H2,1H3,(H,11,14,15,16). The first-order chi connectivity index (χ1) is 9.85. The van der Waals surface area contributed by atoms with E-state index in [-0.39, 0.29) is 0 Å². The van der Waals surface area contributed by atoms with E-state index in [4.69, 9.17) is 4.74 Å². The second kappa shape index (κ2) is 6.29. The summed E-state index contributed by atoms with van der Waals surface area (Å²) in [4.78, 5) is 19.4. The first kappa shape index (κ1) is 13.5. The fourth-order valence-electron chi connectivity index (χ4n) is 1.69. The third-order valence-corrected chi connectivity index (χ3v) is 4.22. The maximum Gasteiger partial charge on any atom is 0.231 e. The highest BCUT2D eigenvalue weighted by atomic mass is 32.2. The maximum absolute atomic E-state index is 5.34. The molecule has 8 nitrogen and oxygen atoms in total. The Morgan fingerprint density at radius 1 is 1.30 bits per heavy atom. The number of ether oxygens (including phenoxy) is 1. The van der Waals surface area contributed by atoms with Crippen LogP contribution in [-0.2, 0) is 4.74 Å². The van der Waals surface area contributed by atoms with E-state index >= 15 is 0 Å². The van der Waals surface area contributed by atoms with Gasteiger partial charge in [-0.05, 0) is 23.3 Å². The van der Waals surface area contributed by atoms with Gasteiger partial charge in [0.15, 0.2) is 4.34 Å². The van der Waals surface area contributed by atoms with Crippen LogP contribution in [0.4, 0.5) is 11.9 Å². The second-order valence-corrected chi connectivity index (χ2v) is 5.89. The summed E-state index contributed by atoms with van der Waals surface area (Å²) in [7, 11) is 1.79. The fourth-order valence-corrected chi connectivity index (χ4v) is 2.99. The van der Waals surface area contributed by atoms with E-state index in [1.165, 1.54) is 29.6 Å². The van der Waals surface area contributed by atoms with Crippen LogP contribution in [0.5, 0.6) is 0 Å². The number of hydrogen-bond acceptors (Lipinski definition) is 10. The lowest BCUT2D eigenvalue weighted by molar-refractivity contribution is 0.122. The molecule has 20 heavy (non-hydrogen) atoms. The Balaban J connectivity index is 1.85. The van der Waals surface area contributed by atoms with Crippen molar-refractivity contribution in [2.75, 3.05) is 43.6 Å². The number of morpholine rings is 1. The molecule has 0 amide bonds. The quantitative estimate of drug-likeness (QED) is 0.878. The van der Waals surface area contributed by atoms with E-state index < -0.39 is 0 Å². The minimum absolute atomic E-state index is 0.550. The molecule has 0 spiro atoms. The SMILES string of the molecule is CNc1nc(Sc2ncns2)nc(N2CCOCC2)n1. The van der Waals surface area contributed by atoms with Crippen molar-refractivity contribution in [1.82, 2.24) is 24.3 Å². The van der Waals surface area contributed by atoms with Gasteiger partial charge < -0.3 is 15.0 Å². The molecular formula is C10H13N7OS2. The van der Waals surface area contributed by atoms with Crippen molar-refractivity contribution in [2.45, 2.75) is 9.50 Å². The molecular weight excluding hydrogens is 298 g/mol. The summed E-state index contributed by atoms with van der Waals surface area (Å²) in [5.74, 6) is 1.22. The van der Waals surface area contributed by atoms with Gasteiger partial charge >= 0.3 is 0 Å². The Bertz CT molecular complexity index is 559. The second-order valence-electron chi connectivity index (χ2n) is 3.90. The normalized spacial score (nSPS) is 15.3. The van der Waals surface area contributed by atoms with Crippen LogP contribution in [-0.4, -0.2) is 57.7 Å². The van der Waals surface area contributed by atoms with Crippen molar-refractivity contribution in [1.29, 1.82) is 0 Å². The Labute approximate surface area is 124 Å². The van der Waals surface area contributed by atoms with Crippen LogP contribution < -0.4 is 10.2 Å². The van der Waals surface area contributed by atoms with Crippen LogP contribution in [0.3, 0.4) is 0 Å². The molecule has 2 aromatic rings. The van der Waals surface area contributed by atoms with Crippen LogP contribution >= 0.6 is 23.3 Å². The largest absolute Gasteiger partial charge is 0.378 e. The summed E-state index contributed by atoms with van der Waals surface area (Å²) in [5, 5.41) is 3.57. The summed E-state index contributed by atoms with van der Waals surface area (Å²) < 4.78 is 10.1. The lowest BCUT2D eigenvalue weighted by atomic mass is 10.4. The predicted octanol–water partition coefficient (Wildman–Crippen LogP) is 0.753. The Morgan fingerprint density at radius 2 is 2.15 bits per heavy atom. The molecule has 1 N–H and O–H groups in total. The summed E-state index contributed by atoms with van der Waals surface area (Å²) in [6, 6.07) is 0. The van der Waals surface area contributed by atoms with E-state index in [2.05, 4.69) is 34.5 Å². The summed E-state index contributed by atoms with van der Waals surface area (Å²) in [5.41, 5.74) is 0. The molecule has 1 aliphatic rings. The Kier molecular flexibility index (Phi) is 4.23. The summed E-state index contributed by atoms with van der Waals surface area (Å²) in [6.07, 6.45) is 1.52. The van der Waals surface area contributed by atoms with Gasteiger partial charge in [-0.2, -0.15) is 19.3 Å². The zero-order valence-corrected chi connectivity index (χ0v) is 12.4. The van der Waals surface area contributed by atoms with Crippen molar-refractivity contribution in [3.05, 3.63) is 6.33 Å². The third-order valence-electron chi connectivity index (χ3n) is 2.64. The first-order valence-electron chi connectivity index (χ1n) is 6.06. The zero-order chi connectivity index (χ0) is 13.8. The van der Waals surface area contributed by atoms with Gasteiger partial charge in [0.1, 0.15) is 6.33 Å². The fraction of sp³-hybridized carbons (Fsp3) is 0.500. The van der Waals surface area contributed by atoms with Crippen molar-refractivity contribution in [2.24, 2.45) is 0 Å². The first-order valence-corrected chi connectivity index (χ1v) is 7.65. The molecule has 1 fully saturated rings. The van der Waals surface area contributed by atoms with E-state index in [0.29, 0.717) is 30.3 Å². The molecule has 0 aliphatic carbocycles. The van der Waals surface area contributed by atoms with Gasteiger partial charge in [-0.25, -0.2) is 4.98 Å². The molecule has 3 rings (SSSR count). The molecule has 10 heteroatoms. The number of aromatic nitrogens is 5.